The zero-order valence-electron chi connectivity index (χ0n) is 18.9. The molecule has 0 fully saturated rings. The molecule has 0 unspecified atom stereocenters. The molecule has 34 heavy (non-hydrogen) atoms. The Balaban J connectivity index is 1.53. The summed E-state index contributed by atoms with van der Waals surface area (Å²) in [6.45, 7) is 4.73. The van der Waals surface area contributed by atoms with Gasteiger partial charge in [-0.2, -0.15) is 5.01 Å². The summed E-state index contributed by atoms with van der Waals surface area (Å²) >= 11 is 0. The number of ether oxygens (including phenoxy) is 3. The number of carbonyl (C=O) groups is 2. The molecule has 0 bridgehead atoms. The van der Waals surface area contributed by atoms with E-state index in [9.17, 15) is 14.0 Å². The number of esters is 1. The quantitative estimate of drug-likeness (QED) is 0.386. The molecule has 1 aliphatic heterocycles. The highest BCUT2D eigenvalue weighted by molar-refractivity contribution is 5.99. The Morgan fingerprint density at radius 2 is 1.79 bits per heavy atom. The molecule has 0 saturated heterocycles. The zero-order chi connectivity index (χ0) is 24.2. The van der Waals surface area contributed by atoms with Crippen LogP contribution in [0.3, 0.4) is 0 Å². The van der Waals surface area contributed by atoms with Crippen LogP contribution < -0.4 is 9.47 Å². The molecule has 0 saturated carbocycles. The number of hydrogen-bond acceptors (Lipinski definition) is 6. The third-order valence-corrected chi connectivity index (χ3v) is 5.11. The number of aryl methyl sites for hydroxylation is 1. The predicted octanol–water partition coefficient (Wildman–Crippen LogP) is 4.88. The van der Waals surface area contributed by atoms with Gasteiger partial charge < -0.3 is 14.2 Å². The molecule has 1 aliphatic rings. The van der Waals surface area contributed by atoms with E-state index in [-0.39, 0.29) is 24.2 Å². The second-order valence-electron chi connectivity index (χ2n) is 7.77. The van der Waals surface area contributed by atoms with Crippen molar-refractivity contribution < 1.29 is 28.2 Å². The maximum Gasteiger partial charge on any atom is 0.308 e. The van der Waals surface area contributed by atoms with E-state index in [4.69, 9.17) is 14.2 Å². The monoisotopic (exact) mass is 462 g/mol. The zero-order valence-corrected chi connectivity index (χ0v) is 18.9. The van der Waals surface area contributed by atoms with Gasteiger partial charge in [-0.15, -0.1) is 5.10 Å². The summed E-state index contributed by atoms with van der Waals surface area (Å²) in [5.74, 6) is -0.0144. The van der Waals surface area contributed by atoms with E-state index in [2.05, 4.69) is 5.10 Å². The van der Waals surface area contributed by atoms with Crippen LogP contribution >= 0.6 is 0 Å². The molecular formula is C26H23FN2O5. The Bertz CT molecular complexity index is 1260. The minimum Gasteiger partial charge on any atom is -0.489 e. The van der Waals surface area contributed by atoms with Crippen LogP contribution in [-0.4, -0.2) is 22.8 Å². The van der Waals surface area contributed by atoms with Gasteiger partial charge in [-0.25, -0.2) is 4.39 Å². The van der Waals surface area contributed by atoms with Crippen molar-refractivity contribution in [3.05, 3.63) is 94.8 Å². The van der Waals surface area contributed by atoms with Crippen LogP contribution in [0.4, 0.5) is 4.39 Å². The molecule has 4 rings (SSSR count). The van der Waals surface area contributed by atoms with Crippen LogP contribution in [0.2, 0.25) is 0 Å². The normalized spacial score (nSPS) is 14.9. The minimum absolute atomic E-state index is 0.173. The van der Waals surface area contributed by atoms with Gasteiger partial charge in [0.05, 0.1) is 5.56 Å². The number of carbonyl (C=O) groups excluding carboxylic acids is 2. The van der Waals surface area contributed by atoms with Gasteiger partial charge in [-0.05, 0) is 60.5 Å². The first kappa shape index (κ1) is 23.0. The smallest absolute Gasteiger partial charge is 0.308 e. The van der Waals surface area contributed by atoms with Gasteiger partial charge in [0.1, 0.15) is 23.9 Å². The van der Waals surface area contributed by atoms with Gasteiger partial charge in [0.25, 0.3) is 0 Å². The lowest BCUT2D eigenvalue weighted by Crippen LogP contribution is -2.25. The van der Waals surface area contributed by atoms with E-state index in [1.165, 1.54) is 31.0 Å². The Labute approximate surface area is 196 Å². The first-order valence-corrected chi connectivity index (χ1v) is 10.6. The Morgan fingerprint density at radius 1 is 1.06 bits per heavy atom. The number of halogens is 1. The highest BCUT2D eigenvalue weighted by atomic mass is 19.1. The van der Waals surface area contributed by atoms with Crippen molar-refractivity contribution in [1.82, 2.24) is 5.01 Å². The third-order valence-electron chi connectivity index (χ3n) is 5.11. The summed E-state index contributed by atoms with van der Waals surface area (Å²) in [5.41, 5.74) is 2.59. The lowest BCUT2D eigenvalue weighted by atomic mass is 10.1. The average molecular weight is 462 g/mol. The molecule has 0 spiro atoms. The SMILES string of the molecule is CC(=O)Oc1c(C)cccc1C1=NN(C(C)=O)[C@H](c2ccc(OCc3cccc(F)c3)cc2)O1. The van der Waals surface area contributed by atoms with Gasteiger partial charge in [-0.3, -0.25) is 9.59 Å². The second-order valence-corrected chi connectivity index (χ2v) is 7.77. The molecule has 0 aromatic heterocycles. The fourth-order valence-electron chi connectivity index (χ4n) is 3.51. The summed E-state index contributed by atoms with van der Waals surface area (Å²) in [6.07, 6.45) is -0.796. The molecule has 0 aliphatic carbocycles. The standard InChI is InChI=1S/C26H23FN2O5/c1-16-6-4-9-23(24(16)33-18(3)31)25-28-29(17(2)30)26(34-25)20-10-12-22(13-11-20)32-15-19-7-5-8-21(27)14-19/h4-14,26H,15H2,1-3H3/t26-/m0/s1. The highest BCUT2D eigenvalue weighted by Crippen LogP contribution is 2.34. The van der Waals surface area contributed by atoms with E-state index < -0.39 is 12.2 Å². The van der Waals surface area contributed by atoms with Crippen molar-refractivity contribution in [2.45, 2.75) is 33.6 Å². The largest absolute Gasteiger partial charge is 0.489 e. The van der Waals surface area contributed by atoms with Gasteiger partial charge in [0.15, 0.2) is 0 Å². The van der Waals surface area contributed by atoms with Gasteiger partial charge >= 0.3 is 5.97 Å². The first-order valence-electron chi connectivity index (χ1n) is 10.6. The van der Waals surface area contributed by atoms with E-state index in [1.54, 1.807) is 61.5 Å². The van der Waals surface area contributed by atoms with Gasteiger partial charge in [0, 0.05) is 19.4 Å². The van der Waals surface area contributed by atoms with Crippen molar-refractivity contribution in [1.29, 1.82) is 0 Å². The van der Waals surface area contributed by atoms with Crippen LogP contribution in [0.5, 0.6) is 11.5 Å². The molecule has 174 valence electrons. The molecule has 1 atom stereocenters. The molecular weight excluding hydrogens is 439 g/mol. The van der Waals surface area contributed by atoms with Crippen LogP contribution in [0.25, 0.3) is 0 Å². The Hall–Kier alpha value is -4.20. The molecule has 0 radical (unpaired) electrons. The molecule has 3 aromatic rings. The molecule has 8 heteroatoms. The Kier molecular flexibility index (Phi) is 6.58. The highest BCUT2D eigenvalue weighted by Gasteiger charge is 2.34. The van der Waals surface area contributed by atoms with Crippen molar-refractivity contribution in [3.8, 4) is 11.5 Å². The van der Waals surface area contributed by atoms with Crippen molar-refractivity contribution >= 4 is 17.8 Å². The number of amides is 1. The number of para-hydroxylation sites is 1. The van der Waals surface area contributed by atoms with Gasteiger partial charge in [-0.1, -0.05) is 24.3 Å². The van der Waals surface area contributed by atoms with E-state index in [0.29, 0.717) is 28.2 Å². The van der Waals surface area contributed by atoms with Crippen molar-refractivity contribution in [2.75, 3.05) is 0 Å². The third kappa shape index (κ3) is 5.06. The van der Waals surface area contributed by atoms with Crippen LogP contribution in [0, 0.1) is 12.7 Å². The lowest BCUT2D eigenvalue weighted by molar-refractivity contribution is -0.135. The van der Waals surface area contributed by atoms with Crippen LogP contribution in [0.15, 0.2) is 71.8 Å². The average Bonchev–Trinajstić information content (AvgIpc) is 3.25. The van der Waals surface area contributed by atoms with Crippen LogP contribution in [0.1, 0.15) is 42.3 Å². The van der Waals surface area contributed by atoms with Crippen molar-refractivity contribution in [2.24, 2.45) is 5.10 Å². The van der Waals surface area contributed by atoms with Gasteiger partial charge in [0.2, 0.25) is 18.0 Å². The van der Waals surface area contributed by atoms with Crippen molar-refractivity contribution in [3.63, 3.8) is 0 Å². The van der Waals surface area contributed by atoms with E-state index in [0.717, 1.165) is 5.56 Å². The number of hydrazone groups is 1. The number of benzene rings is 3. The topological polar surface area (TPSA) is 77.4 Å². The summed E-state index contributed by atoms with van der Waals surface area (Å²) in [7, 11) is 0. The fraction of sp³-hybridized carbons (Fsp3) is 0.192. The molecule has 1 amide bonds. The summed E-state index contributed by atoms with van der Waals surface area (Å²) in [6, 6.07) is 18.5. The molecule has 0 N–H and O–H groups in total. The van der Waals surface area contributed by atoms with E-state index in [1.807, 2.05) is 0 Å². The number of rotatable bonds is 6. The lowest BCUT2D eigenvalue weighted by Gasteiger charge is -2.19. The first-order chi connectivity index (χ1) is 16.3. The summed E-state index contributed by atoms with van der Waals surface area (Å²) in [5, 5.41) is 5.59. The number of hydrogen-bond donors (Lipinski definition) is 0. The Morgan fingerprint density at radius 3 is 2.47 bits per heavy atom. The molecule has 7 nitrogen and oxygen atoms in total. The summed E-state index contributed by atoms with van der Waals surface area (Å²) < 4.78 is 30.5. The number of nitrogens with zero attached hydrogens (tertiary/aromatic N) is 2. The van der Waals surface area contributed by atoms with Crippen LogP contribution in [-0.2, 0) is 20.9 Å². The van der Waals surface area contributed by atoms with E-state index >= 15 is 0 Å². The summed E-state index contributed by atoms with van der Waals surface area (Å²) in [4.78, 5) is 23.9. The minimum atomic E-state index is -0.796. The molecule has 3 aromatic carbocycles. The predicted molar refractivity (Wildman–Crippen MR) is 123 cm³/mol. The maximum absolute atomic E-state index is 13.3. The second kappa shape index (κ2) is 9.74. The molecule has 1 heterocycles. The fourth-order valence-corrected chi connectivity index (χ4v) is 3.51. The maximum atomic E-state index is 13.3.